The van der Waals surface area contributed by atoms with Gasteiger partial charge in [0.05, 0.1) is 12.1 Å². The molecule has 1 fully saturated rings. The van der Waals surface area contributed by atoms with E-state index in [4.69, 9.17) is 4.74 Å². The van der Waals surface area contributed by atoms with Crippen LogP contribution in [0.4, 0.5) is 5.69 Å². The van der Waals surface area contributed by atoms with Crippen LogP contribution >= 0.6 is 15.9 Å². The number of carbonyl (C=O) groups excluding carboxylic acids is 3. The second kappa shape index (κ2) is 7.21. The molecule has 0 aliphatic carbocycles. The number of anilines is 1. The molecule has 1 spiro atoms. The minimum absolute atomic E-state index is 0.0964. The summed E-state index contributed by atoms with van der Waals surface area (Å²) in [5.74, 6) is -1.41. The van der Waals surface area contributed by atoms with E-state index in [1.807, 2.05) is 30.3 Å². The smallest absolute Gasteiger partial charge is 0.355 e. The van der Waals surface area contributed by atoms with E-state index in [0.29, 0.717) is 5.69 Å². The lowest BCUT2D eigenvalue weighted by Gasteiger charge is -2.20. The predicted octanol–water partition coefficient (Wildman–Crippen LogP) is 2.19. The van der Waals surface area contributed by atoms with E-state index in [1.54, 1.807) is 24.3 Å². The van der Waals surface area contributed by atoms with Crippen molar-refractivity contribution in [1.82, 2.24) is 10.9 Å². The van der Waals surface area contributed by atoms with Crippen LogP contribution in [0, 0.1) is 0 Å². The molecule has 1 unspecified atom stereocenters. The summed E-state index contributed by atoms with van der Waals surface area (Å²) in [6.07, 6.45) is 1.33. The topological polar surface area (TPSA) is 87.7 Å². The summed E-state index contributed by atoms with van der Waals surface area (Å²) in [4.78, 5) is 39.0. The fourth-order valence-electron chi connectivity index (χ4n) is 3.20. The normalized spacial score (nSPS) is 21.0. The highest BCUT2D eigenvalue weighted by molar-refractivity contribution is 9.10. The van der Waals surface area contributed by atoms with Crippen molar-refractivity contribution in [2.24, 2.45) is 0 Å². The maximum Gasteiger partial charge on any atom is 0.355 e. The van der Waals surface area contributed by atoms with Gasteiger partial charge in [0.1, 0.15) is 17.8 Å². The zero-order chi connectivity index (χ0) is 19.7. The molecule has 1 atom stereocenters. The minimum atomic E-state index is -1.31. The van der Waals surface area contributed by atoms with Crippen LogP contribution in [0.3, 0.4) is 0 Å². The lowest BCUT2D eigenvalue weighted by Crippen LogP contribution is -2.51. The summed E-state index contributed by atoms with van der Waals surface area (Å²) in [5.41, 5.74) is 5.60. The van der Waals surface area contributed by atoms with Crippen molar-refractivity contribution in [3.8, 4) is 0 Å². The van der Waals surface area contributed by atoms with E-state index in [2.05, 4.69) is 26.8 Å². The molecule has 2 N–H and O–H groups in total. The Bertz CT molecular complexity index is 992. The molecule has 0 bridgehead atoms. The third kappa shape index (κ3) is 3.32. The van der Waals surface area contributed by atoms with Crippen LogP contribution in [0.15, 0.2) is 70.8 Å². The number of hydrogen-bond acceptors (Lipinski definition) is 6. The number of hydrogen-bond donors (Lipinski definition) is 2. The van der Waals surface area contributed by atoms with Gasteiger partial charge in [-0.15, -0.1) is 0 Å². The zero-order valence-corrected chi connectivity index (χ0v) is 16.2. The number of esters is 1. The number of nitrogens with zero attached hydrogens (tertiary/aromatic N) is 1. The first-order valence-electron chi connectivity index (χ1n) is 8.59. The molecule has 28 heavy (non-hydrogen) atoms. The first-order chi connectivity index (χ1) is 13.5. The van der Waals surface area contributed by atoms with Crippen LogP contribution in [0.25, 0.3) is 0 Å². The summed E-state index contributed by atoms with van der Waals surface area (Å²) in [6.45, 7) is 0.114. The molecule has 2 aliphatic heterocycles. The summed E-state index contributed by atoms with van der Waals surface area (Å²) in [6, 6.07) is 16.2. The highest BCUT2D eigenvalue weighted by Gasteiger charge is 2.54. The zero-order valence-electron chi connectivity index (χ0n) is 14.6. The van der Waals surface area contributed by atoms with Crippen LogP contribution in [0.5, 0.6) is 0 Å². The van der Waals surface area contributed by atoms with Crippen LogP contribution in [0.1, 0.15) is 12.0 Å². The molecule has 8 heteroatoms. The maximum atomic E-state index is 13.0. The highest BCUT2D eigenvalue weighted by atomic mass is 79.9. The number of carbonyl (C=O) groups is 3. The van der Waals surface area contributed by atoms with Crippen molar-refractivity contribution in [3.63, 3.8) is 0 Å². The van der Waals surface area contributed by atoms with E-state index in [9.17, 15) is 14.4 Å². The second-order valence-corrected chi connectivity index (χ2v) is 7.45. The van der Waals surface area contributed by atoms with Gasteiger partial charge in [0.25, 0.3) is 5.91 Å². The summed E-state index contributed by atoms with van der Waals surface area (Å²) < 4.78 is 6.03. The first kappa shape index (κ1) is 18.4. The fraction of sp³-hybridized carbons (Fsp3) is 0.150. The molecule has 7 nitrogen and oxygen atoms in total. The summed E-state index contributed by atoms with van der Waals surface area (Å²) in [5, 5.41) is 0. The maximum absolute atomic E-state index is 13.0. The lowest BCUT2D eigenvalue weighted by atomic mass is 9.98. The van der Waals surface area contributed by atoms with Gasteiger partial charge in [0.2, 0.25) is 5.91 Å². The number of nitrogens with one attached hydrogen (secondary N) is 2. The van der Waals surface area contributed by atoms with E-state index in [0.717, 1.165) is 14.9 Å². The highest BCUT2D eigenvalue weighted by Crippen LogP contribution is 2.33. The quantitative estimate of drug-likeness (QED) is 0.558. The van der Waals surface area contributed by atoms with E-state index in [-0.39, 0.29) is 24.6 Å². The molecule has 4 rings (SSSR count). The van der Waals surface area contributed by atoms with Crippen molar-refractivity contribution in [3.05, 3.63) is 76.4 Å². The molecular formula is C20H16BrN3O4. The molecule has 142 valence electrons. The van der Waals surface area contributed by atoms with Crippen molar-refractivity contribution < 1.29 is 19.1 Å². The van der Waals surface area contributed by atoms with Crippen LogP contribution in [0.2, 0.25) is 0 Å². The van der Waals surface area contributed by atoms with E-state index in [1.165, 1.54) is 6.08 Å². The SMILES string of the molecule is O=C(OCc1ccccc1)C1=CC2(CC(=O)N(c3cccc(Br)c3)C2=O)NN1. The van der Waals surface area contributed by atoms with Gasteiger partial charge < -0.3 is 10.2 Å². The number of rotatable bonds is 4. The molecule has 2 aromatic carbocycles. The third-order valence-corrected chi connectivity index (χ3v) is 5.07. The van der Waals surface area contributed by atoms with Gasteiger partial charge in [0.15, 0.2) is 0 Å². The van der Waals surface area contributed by atoms with Crippen molar-refractivity contribution >= 4 is 39.4 Å². The second-order valence-electron chi connectivity index (χ2n) is 6.53. The number of benzene rings is 2. The Morgan fingerprint density at radius 2 is 1.93 bits per heavy atom. The van der Waals surface area contributed by atoms with Gasteiger partial charge >= 0.3 is 5.97 Å². The van der Waals surface area contributed by atoms with Gasteiger partial charge in [-0.3, -0.25) is 9.59 Å². The predicted molar refractivity (Wildman–Crippen MR) is 105 cm³/mol. The standard InChI is InChI=1S/C20H16BrN3O4/c21-14-7-4-8-15(9-14)24-17(25)11-20(19(24)27)10-16(22-23-20)18(26)28-12-13-5-2-1-3-6-13/h1-10,22-23H,11-12H2. The van der Waals surface area contributed by atoms with E-state index < -0.39 is 17.4 Å². The van der Waals surface area contributed by atoms with Crippen molar-refractivity contribution in [2.45, 2.75) is 18.6 Å². The Labute approximate surface area is 169 Å². The number of amides is 2. The van der Waals surface area contributed by atoms with Gasteiger partial charge in [-0.1, -0.05) is 52.3 Å². The summed E-state index contributed by atoms with van der Waals surface area (Å²) >= 11 is 3.34. The van der Waals surface area contributed by atoms with Crippen molar-refractivity contribution in [2.75, 3.05) is 4.90 Å². The largest absolute Gasteiger partial charge is 0.456 e. The van der Waals surface area contributed by atoms with E-state index >= 15 is 0 Å². The molecule has 2 heterocycles. The number of halogens is 1. The summed E-state index contributed by atoms with van der Waals surface area (Å²) in [7, 11) is 0. The molecule has 0 radical (unpaired) electrons. The minimum Gasteiger partial charge on any atom is -0.456 e. The number of hydrazine groups is 1. The van der Waals surface area contributed by atoms with Crippen LogP contribution in [-0.2, 0) is 25.7 Å². The lowest BCUT2D eigenvalue weighted by molar-refractivity contribution is -0.140. The van der Waals surface area contributed by atoms with Gasteiger partial charge in [-0.2, -0.15) is 0 Å². The van der Waals surface area contributed by atoms with Gasteiger partial charge in [-0.25, -0.2) is 15.1 Å². The molecule has 0 aromatic heterocycles. The van der Waals surface area contributed by atoms with Gasteiger partial charge in [-0.05, 0) is 29.8 Å². The Kier molecular flexibility index (Phi) is 4.74. The molecular weight excluding hydrogens is 426 g/mol. The third-order valence-electron chi connectivity index (χ3n) is 4.57. The Hall–Kier alpha value is -2.97. The molecule has 1 saturated heterocycles. The Balaban J connectivity index is 1.51. The monoisotopic (exact) mass is 441 g/mol. The first-order valence-corrected chi connectivity index (χ1v) is 9.38. The Morgan fingerprint density at radius 3 is 2.68 bits per heavy atom. The fourth-order valence-corrected chi connectivity index (χ4v) is 3.59. The van der Waals surface area contributed by atoms with Crippen LogP contribution in [-0.4, -0.2) is 23.3 Å². The van der Waals surface area contributed by atoms with Crippen molar-refractivity contribution in [1.29, 1.82) is 0 Å². The Morgan fingerprint density at radius 1 is 1.14 bits per heavy atom. The van der Waals surface area contributed by atoms with Gasteiger partial charge in [0, 0.05) is 4.47 Å². The number of ether oxygens (including phenoxy) is 1. The number of imide groups is 1. The molecule has 2 aromatic rings. The van der Waals surface area contributed by atoms with Crippen LogP contribution < -0.4 is 15.8 Å². The average Bonchev–Trinajstić information content (AvgIpc) is 3.22. The molecule has 2 aliphatic rings. The molecule has 0 saturated carbocycles. The average molecular weight is 442 g/mol. The molecule has 2 amide bonds.